The maximum atomic E-state index is 14.8. The summed E-state index contributed by atoms with van der Waals surface area (Å²) in [6.07, 6.45) is 9.15. The SMILES string of the molecule is CC(C)=CCc1c2c(c(O)c3c1O[C@]14C(=C[C@@H]5CC1C(C)(C)OC4(C/C=C(/C)OC=O)C5=O)C3=O)C=C[C@@](C)(CCC(O)C(C)(C)O)O2. The molecule has 1 aromatic carbocycles. The average Bonchev–Trinajstić information content (AvgIpc) is 3.15. The number of carbonyl (C=O) groups is 3. The highest BCUT2D eigenvalue weighted by Gasteiger charge is 2.81. The number of rotatable bonds is 10. The lowest BCUT2D eigenvalue weighted by molar-refractivity contribution is -0.171. The van der Waals surface area contributed by atoms with Gasteiger partial charge in [0, 0.05) is 29.4 Å². The molecule has 7 rings (SSSR count). The molecular weight excluding hydrogens is 616 g/mol. The highest BCUT2D eigenvalue weighted by Crippen LogP contribution is 2.68. The molecule has 6 aliphatic rings. The molecule has 258 valence electrons. The molecule has 0 amide bonds. The van der Waals surface area contributed by atoms with Gasteiger partial charge in [0.05, 0.1) is 22.9 Å². The first kappa shape index (κ1) is 34.1. The van der Waals surface area contributed by atoms with Crippen LogP contribution in [0.15, 0.2) is 41.2 Å². The second-order valence-corrected chi connectivity index (χ2v) is 15.5. The van der Waals surface area contributed by atoms with Gasteiger partial charge in [0.25, 0.3) is 6.47 Å². The molecule has 3 N–H and O–H groups in total. The minimum Gasteiger partial charge on any atom is -0.506 e. The zero-order valence-electron chi connectivity index (χ0n) is 28.9. The van der Waals surface area contributed by atoms with Gasteiger partial charge in [-0.1, -0.05) is 17.7 Å². The molecule has 10 nitrogen and oxygen atoms in total. The number of aliphatic hydroxyl groups is 2. The molecule has 2 fully saturated rings. The number of Topliss-reactive ketones (excluding diaryl/α,β-unsaturated/α-hetero) is 2. The van der Waals surface area contributed by atoms with E-state index in [1.807, 2.05) is 40.7 Å². The Hall–Kier alpha value is -3.73. The third-order valence-corrected chi connectivity index (χ3v) is 10.9. The van der Waals surface area contributed by atoms with Gasteiger partial charge < -0.3 is 34.3 Å². The Morgan fingerprint density at radius 3 is 2.48 bits per heavy atom. The van der Waals surface area contributed by atoms with Crippen LogP contribution >= 0.6 is 0 Å². The van der Waals surface area contributed by atoms with Gasteiger partial charge >= 0.3 is 0 Å². The smallest absolute Gasteiger partial charge is 0.298 e. The van der Waals surface area contributed by atoms with E-state index in [1.165, 1.54) is 0 Å². The zero-order valence-corrected chi connectivity index (χ0v) is 28.9. The fourth-order valence-corrected chi connectivity index (χ4v) is 8.33. The van der Waals surface area contributed by atoms with Crippen LogP contribution in [-0.2, 0) is 25.5 Å². The molecule has 3 unspecified atom stereocenters. The number of ether oxygens (including phenoxy) is 4. The third-order valence-electron chi connectivity index (χ3n) is 10.9. The van der Waals surface area contributed by atoms with E-state index in [0.717, 1.165) is 5.57 Å². The summed E-state index contributed by atoms with van der Waals surface area (Å²) >= 11 is 0. The number of phenolic OH excluding ortho intramolecular Hbond substituents is 1. The summed E-state index contributed by atoms with van der Waals surface area (Å²) in [5, 5.41) is 32.7. The molecule has 3 aliphatic heterocycles. The lowest BCUT2D eigenvalue weighted by Crippen LogP contribution is -2.72. The van der Waals surface area contributed by atoms with E-state index in [1.54, 1.807) is 45.1 Å². The van der Waals surface area contributed by atoms with Crippen LogP contribution in [0.3, 0.4) is 0 Å². The summed E-state index contributed by atoms with van der Waals surface area (Å²) in [5.41, 5.74) is -4.01. The number of hydrogen-bond donors (Lipinski definition) is 3. The standard InChI is InChI=1S/C38H46O10/c1-20(2)9-10-24-31-23(12-14-36(8,46-31)15-13-27(40)34(4,5)44)29(41)28-30(42)25-17-22-18-26-35(6,7)48-37(33(22)43,16-11-21(3)45-19-39)38(25,26)47-32(24)28/h9,11-12,14,17,19,22,26-27,40-41,44H,10,13,15-16,18H2,1-8H3/b21-11-/t22-,26?,27?,36+,37?,38-/m1/s1. The molecule has 1 aromatic rings. The first-order valence-corrected chi connectivity index (χ1v) is 16.6. The second-order valence-electron chi connectivity index (χ2n) is 15.5. The summed E-state index contributed by atoms with van der Waals surface area (Å²) in [6, 6.07) is 0. The van der Waals surface area contributed by atoms with Crippen LogP contribution < -0.4 is 9.47 Å². The number of aromatic hydroxyl groups is 1. The van der Waals surface area contributed by atoms with Crippen LogP contribution in [0.2, 0.25) is 0 Å². The van der Waals surface area contributed by atoms with Crippen LogP contribution in [0.1, 0.15) is 103 Å². The molecule has 1 saturated heterocycles. The normalized spacial score (nSPS) is 31.5. The van der Waals surface area contributed by atoms with E-state index in [2.05, 4.69) is 0 Å². The molecule has 0 radical (unpaired) electrons. The van der Waals surface area contributed by atoms with Crippen molar-refractivity contribution < 1.29 is 48.7 Å². The summed E-state index contributed by atoms with van der Waals surface area (Å²) in [4.78, 5) is 40.2. The Labute approximate surface area is 281 Å². The minimum absolute atomic E-state index is 0.00293. The Bertz CT molecular complexity index is 1720. The van der Waals surface area contributed by atoms with Crippen molar-refractivity contribution in [1.82, 2.24) is 0 Å². The number of hydrogen-bond acceptors (Lipinski definition) is 10. The Morgan fingerprint density at radius 1 is 1.12 bits per heavy atom. The van der Waals surface area contributed by atoms with Gasteiger partial charge in [-0.3, -0.25) is 14.4 Å². The van der Waals surface area contributed by atoms with Crippen molar-refractivity contribution in [2.75, 3.05) is 0 Å². The first-order valence-electron chi connectivity index (χ1n) is 16.6. The molecule has 10 heteroatoms. The molecule has 3 heterocycles. The van der Waals surface area contributed by atoms with Gasteiger partial charge in [0.15, 0.2) is 22.8 Å². The van der Waals surface area contributed by atoms with Gasteiger partial charge in [-0.25, -0.2) is 0 Å². The van der Waals surface area contributed by atoms with E-state index < -0.39 is 51.7 Å². The highest BCUT2D eigenvalue weighted by molar-refractivity contribution is 6.19. The van der Waals surface area contributed by atoms with Crippen LogP contribution in [0.4, 0.5) is 0 Å². The quantitative estimate of drug-likeness (QED) is 0.168. The monoisotopic (exact) mass is 662 g/mol. The number of fused-ring (bicyclic) bond motifs is 2. The van der Waals surface area contributed by atoms with Crippen LogP contribution in [0.25, 0.3) is 6.08 Å². The van der Waals surface area contributed by atoms with Crippen LogP contribution in [-0.4, -0.2) is 67.5 Å². The fourth-order valence-electron chi connectivity index (χ4n) is 8.33. The van der Waals surface area contributed by atoms with Crippen molar-refractivity contribution in [3.05, 3.63) is 57.9 Å². The van der Waals surface area contributed by atoms with Crippen molar-refractivity contribution in [1.29, 1.82) is 0 Å². The number of allylic oxidation sites excluding steroid dienone is 4. The predicted octanol–water partition coefficient (Wildman–Crippen LogP) is 5.45. The topological polar surface area (TPSA) is 149 Å². The largest absolute Gasteiger partial charge is 0.506 e. The van der Waals surface area contributed by atoms with Crippen LogP contribution in [0, 0.1) is 11.8 Å². The van der Waals surface area contributed by atoms with E-state index in [9.17, 15) is 29.7 Å². The zero-order chi connectivity index (χ0) is 35.2. The van der Waals surface area contributed by atoms with Crippen molar-refractivity contribution in [3.8, 4) is 17.2 Å². The molecule has 6 atom stereocenters. The van der Waals surface area contributed by atoms with Crippen molar-refractivity contribution >= 4 is 24.1 Å². The van der Waals surface area contributed by atoms with E-state index >= 15 is 0 Å². The Morgan fingerprint density at radius 2 is 1.83 bits per heavy atom. The molecule has 1 spiro atoms. The number of benzene rings is 1. The average molecular weight is 663 g/mol. The fraction of sp³-hybridized carbons (Fsp3) is 0.553. The van der Waals surface area contributed by atoms with E-state index in [0.29, 0.717) is 48.2 Å². The summed E-state index contributed by atoms with van der Waals surface area (Å²) in [6.45, 7) is 14.6. The van der Waals surface area contributed by atoms with Gasteiger partial charge in [-0.15, -0.1) is 0 Å². The third kappa shape index (κ3) is 4.90. The van der Waals surface area contributed by atoms with Crippen molar-refractivity contribution in [2.45, 2.75) is 122 Å². The van der Waals surface area contributed by atoms with Crippen LogP contribution in [0.5, 0.6) is 17.2 Å². The van der Waals surface area contributed by atoms with Gasteiger partial charge in [-0.05, 0) is 99.3 Å². The maximum Gasteiger partial charge on any atom is 0.298 e. The predicted molar refractivity (Wildman–Crippen MR) is 177 cm³/mol. The van der Waals surface area contributed by atoms with Crippen molar-refractivity contribution in [2.24, 2.45) is 11.8 Å². The van der Waals surface area contributed by atoms with E-state index in [-0.39, 0.29) is 41.4 Å². The number of carbonyl (C=O) groups excluding carboxylic acids is 3. The summed E-state index contributed by atoms with van der Waals surface area (Å²) in [7, 11) is 0. The van der Waals surface area contributed by atoms with Crippen molar-refractivity contribution in [3.63, 3.8) is 0 Å². The van der Waals surface area contributed by atoms with Gasteiger partial charge in [-0.2, -0.15) is 0 Å². The lowest BCUT2D eigenvalue weighted by Gasteiger charge is -2.56. The first-order chi connectivity index (χ1) is 22.3. The number of ketones is 2. The van der Waals surface area contributed by atoms with Gasteiger partial charge in [0.2, 0.25) is 0 Å². The Kier molecular flexibility index (Phi) is 7.93. The number of aliphatic hydroxyl groups excluding tert-OH is 1. The van der Waals surface area contributed by atoms with Gasteiger partial charge in [0.1, 0.15) is 34.2 Å². The summed E-state index contributed by atoms with van der Waals surface area (Å²) < 4.78 is 25.6. The van der Waals surface area contributed by atoms with E-state index in [4.69, 9.17) is 18.9 Å². The molecular formula is C38H46O10. The molecule has 1 saturated carbocycles. The molecule has 3 aliphatic carbocycles. The lowest BCUT2D eigenvalue weighted by atomic mass is 9.51. The minimum atomic E-state index is -1.60. The maximum absolute atomic E-state index is 14.8. The Balaban J connectivity index is 1.55. The molecule has 4 bridgehead atoms. The molecule has 0 aromatic heterocycles. The summed E-state index contributed by atoms with van der Waals surface area (Å²) in [5.74, 6) is -1.11. The second kappa shape index (κ2) is 11.1. The molecule has 48 heavy (non-hydrogen) atoms. The highest BCUT2D eigenvalue weighted by atomic mass is 16.6. The number of phenols is 1.